The van der Waals surface area contributed by atoms with Gasteiger partial charge in [-0.1, -0.05) is 27.2 Å². The van der Waals surface area contributed by atoms with E-state index in [1.54, 1.807) is 11.3 Å². The molecular weight excluding hydrogens is 324 g/mol. The number of thiophene rings is 1. The van der Waals surface area contributed by atoms with Crippen molar-refractivity contribution in [1.82, 2.24) is 10.2 Å². The number of carbonyl (C=O) groups is 2. The van der Waals surface area contributed by atoms with Crippen LogP contribution < -0.4 is 5.32 Å². The molecule has 2 heterocycles. The van der Waals surface area contributed by atoms with Gasteiger partial charge in [0.15, 0.2) is 0 Å². The van der Waals surface area contributed by atoms with Crippen LogP contribution >= 0.6 is 11.3 Å². The molecule has 1 aliphatic heterocycles. The Labute approximate surface area is 148 Å². The third-order valence-corrected chi connectivity index (χ3v) is 5.92. The fourth-order valence-corrected chi connectivity index (χ4v) is 4.24. The molecule has 0 radical (unpaired) electrons. The molecule has 5 nitrogen and oxygen atoms in total. The number of nitrogens with one attached hydrogen (secondary N) is 1. The fraction of sp³-hybridized carbons (Fsp3) is 0.667. The molecule has 1 aromatic heterocycles. The Bertz CT molecular complexity index is 572. The molecule has 3 unspecified atom stereocenters. The first-order valence-electron chi connectivity index (χ1n) is 8.69. The maximum Gasteiger partial charge on any atom is 0.328 e. The van der Waals surface area contributed by atoms with Crippen molar-refractivity contribution in [2.24, 2.45) is 5.92 Å². The molecule has 0 saturated carbocycles. The number of amides is 1. The van der Waals surface area contributed by atoms with E-state index in [9.17, 15) is 9.59 Å². The smallest absolute Gasteiger partial charge is 0.328 e. The monoisotopic (exact) mass is 352 g/mol. The first-order valence-corrected chi connectivity index (χ1v) is 9.57. The number of rotatable bonds is 7. The SMILES string of the molecule is CCC(C)C(NC(=O)CN1CCc2sccc2C1CC)C(=O)OC. The minimum atomic E-state index is -0.575. The van der Waals surface area contributed by atoms with E-state index in [2.05, 4.69) is 28.6 Å². The zero-order valence-electron chi connectivity index (χ0n) is 15.0. The minimum absolute atomic E-state index is 0.0493. The van der Waals surface area contributed by atoms with Crippen molar-refractivity contribution >= 4 is 23.2 Å². The summed E-state index contributed by atoms with van der Waals surface area (Å²) in [6, 6.07) is 1.88. The Morgan fingerprint density at radius 2 is 2.21 bits per heavy atom. The molecule has 0 aliphatic carbocycles. The van der Waals surface area contributed by atoms with Crippen molar-refractivity contribution in [3.05, 3.63) is 21.9 Å². The number of methoxy groups -OCH3 is 1. The molecule has 2 rings (SSSR count). The number of carbonyl (C=O) groups excluding carboxylic acids is 2. The fourth-order valence-electron chi connectivity index (χ4n) is 3.32. The van der Waals surface area contributed by atoms with Crippen LogP contribution in [0.25, 0.3) is 0 Å². The van der Waals surface area contributed by atoms with Crippen molar-refractivity contribution < 1.29 is 14.3 Å². The van der Waals surface area contributed by atoms with E-state index >= 15 is 0 Å². The molecule has 24 heavy (non-hydrogen) atoms. The Kier molecular flexibility index (Phi) is 6.80. The van der Waals surface area contributed by atoms with E-state index in [-0.39, 0.29) is 23.8 Å². The van der Waals surface area contributed by atoms with E-state index in [0.29, 0.717) is 6.54 Å². The molecule has 6 heteroatoms. The number of fused-ring (bicyclic) bond motifs is 1. The van der Waals surface area contributed by atoms with Gasteiger partial charge in [-0.3, -0.25) is 9.69 Å². The second-order valence-corrected chi connectivity index (χ2v) is 7.40. The van der Waals surface area contributed by atoms with Gasteiger partial charge in [-0.15, -0.1) is 11.3 Å². The van der Waals surface area contributed by atoms with Gasteiger partial charge in [0.1, 0.15) is 6.04 Å². The Hall–Kier alpha value is -1.40. The molecule has 0 aromatic carbocycles. The molecule has 3 atom stereocenters. The number of esters is 1. The lowest BCUT2D eigenvalue weighted by Gasteiger charge is -2.35. The van der Waals surface area contributed by atoms with Gasteiger partial charge in [-0.2, -0.15) is 0 Å². The third kappa shape index (κ3) is 4.16. The lowest BCUT2D eigenvalue weighted by molar-refractivity contribution is -0.146. The predicted molar refractivity (Wildman–Crippen MR) is 96.0 cm³/mol. The quantitative estimate of drug-likeness (QED) is 0.767. The standard InChI is InChI=1S/C18H28N2O3S/c1-5-12(3)17(18(22)23-4)19-16(21)11-20-9-7-15-13(8-10-24-15)14(20)6-2/h8,10,12,14,17H,5-7,9,11H2,1-4H3,(H,19,21). The van der Waals surface area contributed by atoms with Crippen LogP contribution in [0.1, 0.15) is 50.1 Å². The summed E-state index contributed by atoms with van der Waals surface area (Å²) in [6.45, 7) is 7.31. The molecule has 0 fully saturated rings. The van der Waals surface area contributed by atoms with Gasteiger partial charge in [0, 0.05) is 17.5 Å². The van der Waals surface area contributed by atoms with Crippen LogP contribution in [0, 0.1) is 5.92 Å². The van der Waals surface area contributed by atoms with Gasteiger partial charge in [-0.05, 0) is 35.8 Å². The summed E-state index contributed by atoms with van der Waals surface area (Å²) in [5.41, 5.74) is 1.35. The van der Waals surface area contributed by atoms with Gasteiger partial charge in [0.05, 0.1) is 13.7 Å². The van der Waals surface area contributed by atoms with Crippen LogP contribution in [0.4, 0.5) is 0 Å². The summed E-state index contributed by atoms with van der Waals surface area (Å²) in [5.74, 6) is -0.431. The van der Waals surface area contributed by atoms with E-state index in [1.807, 2.05) is 13.8 Å². The van der Waals surface area contributed by atoms with Crippen molar-refractivity contribution in [3.63, 3.8) is 0 Å². The van der Waals surface area contributed by atoms with Crippen LogP contribution in [-0.4, -0.2) is 43.0 Å². The molecule has 134 valence electrons. The summed E-state index contributed by atoms with van der Waals surface area (Å²) in [4.78, 5) is 28.1. The molecule has 0 spiro atoms. The number of hydrogen-bond donors (Lipinski definition) is 1. The average Bonchev–Trinajstić information content (AvgIpc) is 3.06. The summed E-state index contributed by atoms with van der Waals surface area (Å²) in [5, 5.41) is 5.01. The average molecular weight is 353 g/mol. The summed E-state index contributed by atoms with van der Waals surface area (Å²) in [7, 11) is 1.36. The summed E-state index contributed by atoms with van der Waals surface area (Å²) < 4.78 is 4.84. The first kappa shape index (κ1) is 18.9. The van der Waals surface area contributed by atoms with E-state index in [0.717, 1.165) is 25.8 Å². The lowest BCUT2D eigenvalue weighted by Crippen LogP contribution is -2.50. The van der Waals surface area contributed by atoms with E-state index < -0.39 is 6.04 Å². The Balaban J connectivity index is 2.02. The zero-order chi connectivity index (χ0) is 17.7. The van der Waals surface area contributed by atoms with E-state index in [1.165, 1.54) is 17.6 Å². The second-order valence-electron chi connectivity index (χ2n) is 6.40. The van der Waals surface area contributed by atoms with E-state index in [4.69, 9.17) is 4.74 Å². The highest BCUT2D eigenvalue weighted by Gasteiger charge is 2.31. The molecule has 1 aliphatic rings. The second kappa shape index (κ2) is 8.62. The maximum absolute atomic E-state index is 12.5. The zero-order valence-corrected chi connectivity index (χ0v) is 15.8. The third-order valence-electron chi connectivity index (χ3n) is 4.92. The largest absolute Gasteiger partial charge is 0.467 e. The van der Waals surface area contributed by atoms with Crippen LogP contribution in [-0.2, 0) is 20.7 Å². The molecule has 1 N–H and O–H groups in total. The van der Waals surface area contributed by atoms with Gasteiger partial charge in [0.2, 0.25) is 5.91 Å². The van der Waals surface area contributed by atoms with Gasteiger partial charge in [0.25, 0.3) is 0 Å². The first-order chi connectivity index (χ1) is 11.5. The van der Waals surface area contributed by atoms with Gasteiger partial charge < -0.3 is 10.1 Å². The highest BCUT2D eigenvalue weighted by Crippen LogP contribution is 2.34. The van der Waals surface area contributed by atoms with Crippen LogP contribution in [0.2, 0.25) is 0 Å². The van der Waals surface area contributed by atoms with Crippen molar-refractivity contribution in [1.29, 1.82) is 0 Å². The number of hydrogen-bond acceptors (Lipinski definition) is 5. The molecule has 0 saturated heterocycles. The van der Waals surface area contributed by atoms with Crippen molar-refractivity contribution in [3.8, 4) is 0 Å². The Morgan fingerprint density at radius 1 is 1.46 bits per heavy atom. The number of ether oxygens (including phenoxy) is 1. The number of nitrogens with zero attached hydrogens (tertiary/aromatic N) is 1. The maximum atomic E-state index is 12.5. The molecule has 1 aromatic rings. The normalized spacial score (nSPS) is 20.1. The topological polar surface area (TPSA) is 58.6 Å². The highest BCUT2D eigenvalue weighted by atomic mass is 32.1. The van der Waals surface area contributed by atoms with Crippen molar-refractivity contribution in [2.75, 3.05) is 20.2 Å². The summed E-state index contributed by atoms with van der Waals surface area (Å²) >= 11 is 1.80. The Morgan fingerprint density at radius 3 is 2.83 bits per heavy atom. The molecule has 1 amide bonds. The molecular formula is C18H28N2O3S. The van der Waals surface area contributed by atoms with Crippen LogP contribution in [0.3, 0.4) is 0 Å². The minimum Gasteiger partial charge on any atom is -0.467 e. The van der Waals surface area contributed by atoms with Crippen molar-refractivity contribution in [2.45, 2.75) is 52.1 Å². The highest BCUT2D eigenvalue weighted by molar-refractivity contribution is 7.10. The van der Waals surface area contributed by atoms with Crippen LogP contribution in [0.15, 0.2) is 11.4 Å². The van der Waals surface area contributed by atoms with Crippen LogP contribution in [0.5, 0.6) is 0 Å². The lowest BCUT2D eigenvalue weighted by atomic mass is 9.97. The molecule has 0 bridgehead atoms. The predicted octanol–water partition coefficient (Wildman–Crippen LogP) is 2.76. The van der Waals surface area contributed by atoms with Gasteiger partial charge in [-0.25, -0.2) is 4.79 Å². The van der Waals surface area contributed by atoms with Gasteiger partial charge >= 0.3 is 5.97 Å². The summed E-state index contributed by atoms with van der Waals surface area (Å²) in [6.07, 6.45) is 2.77.